The molecule has 1 saturated carbocycles. The molecular formula is C8H14O2. The van der Waals surface area contributed by atoms with Crippen molar-refractivity contribution >= 4 is 5.78 Å². The molecule has 0 aromatic carbocycles. The highest BCUT2D eigenvalue weighted by atomic mass is 16.3. The predicted octanol–water partition coefficient (Wildman–Crippen LogP) is 0.984. The van der Waals surface area contributed by atoms with Crippen molar-refractivity contribution in [2.75, 3.05) is 6.61 Å². The Morgan fingerprint density at radius 1 is 1.80 bits per heavy atom. The van der Waals surface area contributed by atoms with E-state index in [4.69, 9.17) is 5.11 Å². The van der Waals surface area contributed by atoms with Crippen molar-refractivity contribution < 1.29 is 9.90 Å². The molecule has 0 aromatic rings. The van der Waals surface area contributed by atoms with Crippen molar-refractivity contribution in [1.29, 1.82) is 0 Å². The van der Waals surface area contributed by atoms with Crippen LogP contribution in [0.25, 0.3) is 0 Å². The van der Waals surface area contributed by atoms with Gasteiger partial charge in [-0.2, -0.15) is 0 Å². The summed E-state index contributed by atoms with van der Waals surface area (Å²) in [4.78, 5) is 11.2. The minimum atomic E-state index is -0.417. The molecule has 2 atom stereocenters. The van der Waals surface area contributed by atoms with E-state index in [1.165, 1.54) is 0 Å². The van der Waals surface area contributed by atoms with Gasteiger partial charge < -0.3 is 5.11 Å². The molecule has 1 aliphatic carbocycles. The highest BCUT2D eigenvalue weighted by Crippen LogP contribution is 2.37. The van der Waals surface area contributed by atoms with Gasteiger partial charge in [0.2, 0.25) is 0 Å². The van der Waals surface area contributed by atoms with E-state index in [0.717, 1.165) is 6.42 Å². The quantitative estimate of drug-likeness (QED) is 0.592. The summed E-state index contributed by atoms with van der Waals surface area (Å²) in [5.74, 6) is 0.687. The summed E-state index contributed by atoms with van der Waals surface area (Å²) < 4.78 is 0. The SMILES string of the molecule is C[C@@H]1CC(=O)[C@](C)(CO)C1. The molecule has 0 aliphatic heterocycles. The first kappa shape index (κ1) is 7.73. The van der Waals surface area contributed by atoms with Gasteiger partial charge in [0.15, 0.2) is 0 Å². The number of Topliss-reactive ketones (excluding diaryl/α,β-unsaturated/α-hetero) is 1. The number of hydrogen-bond donors (Lipinski definition) is 1. The summed E-state index contributed by atoms with van der Waals surface area (Å²) in [7, 11) is 0. The summed E-state index contributed by atoms with van der Waals surface area (Å²) in [5.41, 5.74) is -0.417. The van der Waals surface area contributed by atoms with E-state index in [-0.39, 0.29) is 12.4 Å². The van der Waals surface area contributed by atoms with Gasteiger partial charge in [-0.1, -0.05) is 13.8 Å². The first-order valence-corrected chi connectivity index (χ1v) is 3.72. The molecular weight excluding hydrogens is 128 g/mol. The lowest BCUT2D eigenvalue weighted by atomic mass is 9.88. The monoisotopic (exact) mass is 142 g/mol. The number of hydrogen-bond acceptors (Lipinski definition) is 2. The number of aliphatic hydroxyl groups excluding tert-OH is 1. The number of carbonyl (C=O) groups is 1. The van der Waals surface area contributed by atoms with Crippen LogP contribution in [0.3, 0.4) is 0 Å². The van der Waals surface area contributed by atoms with Crippen LogP contribution in [-0.2, 0) is 4.79 Å². The molecule has 1 fully saturated rings. The minimum absolute atomic E-state index is 0.0101. The largest absolute Gasteiger partial charge is 0.395 e. The third-order valence-corrected chi connectivity index (χ3v) is 2.35. The average Bonchev–Trinajstić information content (AvgIpc) is 2.09. The number of rotatable bonds is 1. The molecule has 1 N–H and O–H groups in total. The van der Waals surface area contributed by atoms with Gasteiger partial charge in [0.05, 0.1) is 6.61 Å². The summed E-state index contributed by atoms with van der Waals surface area (Å²) >= 11 is 0. The third kappa shape index (κ3) is 1.08. The highest BCUT2D eigenvalue weighted by molar-refractivity contribution is 5.86. The van der Waals surface area contributed by atoms with Crippen LogP contribution in [0.2, 0.25) is 0 Å². The summed E-state index contributed by atoms with van der Waals surface area (Å²) in [6.45, 7) is 3.91. The van der Waals surface area contributed by atoms with Crippen molar-refractivity contribution in [3.05, 3.63) is 0 Å². The van der Waals surface area contributed by atoms with Gasteiger partial charge in [-0.3, -0.25) is 4.79 Å². The Hall–Kier alpha value is -0.370. The molecule has 0 bridgehead atoms. The number of ketones is 1. The molecule has 10 heavy (non-hydrogen) atoms. The van der Waals surface area contributed by atoms with Crippen LogP contribution in [0.1, 0.15) is 26.7 Å². The average molecular weight is 142 g/mol. The van der Waals surface area contributed by atoms with Crippen molar-refractivity contribution in [2.45, 2.75) is 26.7 Å². The van der Waals surface area contributed by atoms with Crippen molar-refractivity contribution in [2.24, 2.45) is 11.3 Å². The van der Waals surface area contributed by atoms with E-state index in [2.05, 4.69) is 6.92 Å². The maximum atomic E-state index is 11.2. The van der Waals surface area contributed by atoms with Crippen LogP contribution < -0.4 is 0 Å². The second-order valence-corrected chi connectivity index (χ2v) is 3.66. The van der Waals surface area contributed by atoms with Crippen LogP contribution in [0, 0.1) is 11.3 Å². The summed E-state index contributed by atoms with van der Waals surface area (Å²) in [5, 5.41) is 8.89. The molecule has 0 unspecified atom stereocenters. The van der Waals surface area contributed by atoms with E-state index >= 15 is 0 Å². The molecule has 0 amide bonds. The Balaban J connectivity index is 2.70. The summed E-state index contributed by atoms with van der Waals surface area (Å²) in [6, 6.07) is 0. The van der Waals surface area contributed by atoms with E-state index in [1.54, 1.807) is 0 Å². The van der Waals surface area contributed by atoms with Gasteiger partial charge >= 0.3 is 0 Å². The fourth-order valence-electron chi connectivity index (χ4n) is 1.67. The highest BCUT2D eigenvalue weighted by Gasteiger charge is 2.40. The topological polar surface area (TPSA) is 37.3 Å². The van der Waals surface area contributed by atoms with Crippen LogP contribution in [0.4, 0.5) is 0 Å². The molecule has 0 saturated heterocycles. The Bertz CT molecular complexity index is 153. The van der Waals surface area contributed by atoms with E-state index < -0.39 is 5.41 Å². The molecule has 0 aromatic heterocycles. The van der Waals surface area contributed by atoms with Gasteiger partial charge in [0, 0.05) is 11.8 Å². The molecule has 0 radical (unpaired) electrons. The van der Waals surface area contributed by atoms with Crippen LogP contribution in [-0.4, -0.2) is 17.5 Å². The molecule has 58 valence electrons. The smallest absolute Gasteiger partial charge is 0.141 e. The lowest BCUT2D eigenvalue weighted by Crippen LogP contribution is -2.25. The van der Waals surface area contributed by atoms with E-state index in [0.29, 0.717) is 12.3 Å². The van der Waals surface area contributed by atoms with E-state index in [9.17, 15) is 4.79 Å². The Kier molecular flexibility index (Phi) is 1.82. The zero-order valence-corrected chi connectivity index (χ0v) is 6.55. The van der Waals surface area contributed by atoms with Gasteiger partial charge in [-0.25, -0.2) is 0 Å². The first-order chi connectivity index (χ1) is 4.58. The normalized spacial score (nSPS) is 40.7. The Morgan fingerprint density at radius 2 is 2.40 bits per heavy atom. The zero-order valence-electron chi connectivity index (χ0n) is 6.55. The van der Waals surface area contributed by atoms with Gasteiger partial charge in [-0.05, 0) is 12.3 Å². The second-order valence-electron chi connectivity index (χ2n) is 3.66. The lowest BCUT2D eigenvalue weighted by molar-refractivity contribution is -0.126. The Morgan fingerprint density at radius 3 is 2.60 bits per heavy atom. The fourth-order valence-corrected chi connectivity index (χ4v) is 1.67. The van der Waals surface area contributed by atoms with Crippen LogP contribution in [0.15, 0.2) is 0 Å². The number of carbonyl (C=O) groups excluding carboxylic acids is 1. The zero-order chi connectivity index (χ0) is 7.78. The maximum absolute atomic E-state index is 11.2. The molecule has 2 nitrogen and oxygen atoms in total. The second kappa shape index (κ2) is 2.35. The first-order valence-electron chi connectivity index (χ1n) is 3.72. The molecule has 0 spiro atoms. The van der Waals surface area contributed by atoms with Crippen LogP contribution >= 0.6 is 0 Å². The van der Waals surface area contributed by atoms with Gasteiger partial charge in [0.1, 0.15) is 5.78 Å². The lowest BCUT2D eigenvalue weighted by Gasteiger charge is -2.17. The molecule has 1 aliphatic rings. The maximum Gasteiger partial charge on any atom is 0.141 e. The fraction of sp³-hybridized carbons (Fsp3) is 0.875. The standard InChI is InChI=1S/C8H14O2/c1-6-3-7(10)8(2,4-6)5-9/h6,9H,3-5H2,1-2H3/t6-,8+/m1/s1. The van der Waals surface area contributed by atoms with Crippen molar-refractivity contribution in [1.82, 2.24) is 0 Å². The Labute approximate surface area is 61.2 Å². The van der Waals surface area contributed by atoms with Gasteiger partial charge in [-0.15, -0.1) is 0 Å². The summed E-state index contributed by atoms with van der Waals surface area (Å²) in [6.07, 6.45) is 1.50. The van der Waals surface area contributed by atoms with Crippen molar-refractivity contribution in [3.8, 4) is 0 Å². The van der Waals surface area contributed by atoms with Crippen molar-refractivity contribution in [3.63, 3.8) is 0 Å². The van der Waals surface area contributed by atoms with Gasteiger partial charge in [0.25, 0.3) is 0 Å². The number of aliphatic hydroxyl groups is 1. The molecule has 2 heteroatoms. The third-order valence-electron chi connectivity index (χ3n) is 2.35. The molecule has 0 heterocycles. The van der Waals surface area contributed by atoms with E-state index in [1.807, 2.05) is 6.92 Å². The van der Waals surface area contributed by atoms with Crippen LogP contribution in [0.5, 0.6) is 0 Å². The predicted molar refractivity (Wildman–Crippen MR) is 38.6 cm³/mol. The molecule has 1 rings (SSSR count). The minimum Gasteiger partial charge on any atom is -0.395 e.